The van der Waals surface area contributed by atoms with Crippen molar-refractivity contribution in [2.45, 2.75) is 78.0 Å². The summed E-state index contributed by atoms with van der Waals surface area (Å²) in [5.74, 6) is 0.847. The second-order valence-electron chi connectivity index (χ2n) is 9.09. The van der Waals surface area contributed by atoms with E-state index in [1.54, 1.807) is 0 Å². The molecule has 2 aliphatic heterocycles. The van der Waals surface area contributed by atoms with Crippen molar-refractivity contribution in [1.29, 1.82) is 0 Å². The highest BCUT2D eigenvalue weighted by Crippen LogP contribution is 2.79. The minimum absolute atomic E-state index is 0.0262. The summed E-state index contributed by atoms with van der Waals surface area (Å²) in [6.07, 6.45) is 2.75. The molecular formula is C18H30N2O3. The van der Waals surface area contributed by atoms with Crippen LogP contribution in [0.1, 0.15) is 60.8 Å². The van der Waals surface area contributed by atoms with Gasteiger partial charge in [-0.05, 0) is 57.8 Å². The Labute approximate surface area is 139 Å². The molecule has 1 spiro atoms. The van der Waals surface area contributed by atoms with Crippen LogP contribution in [0.3, 0.4) is 0 Å². The number of fused-ring (bicyclic) bond motifs is 1. The standard InChI is InChI=1S/C18H30N2O3/c1-7-11(2)13(19-15(22)23-16(3,4)5)14(21)20-10-18-8-12(18)17(20,6)9-18/h11-13H,7-10H2,1-6H3,(H,19,22)/t11?,12-,13-,17-,18?/m0/s1. The number of carbonyl (C=O) groups is 2. The summed E-state index contributed by atoms with van der Waals surface area (Å²) < 4.78 is 5.35. The Hall–Kier alpha value is -1.26. The first-order valence-corrected chi connectivity index (χ1v) is 8.83. The zero-order chi connectivity index (χ0) is 17.2. The van der Waals surface area contributed by atoms with E-state index in [2.05, 4.69) is 12.2 Å². The molecule has 0 aromatic heterocycles. The molecule has 5 heteroatoms. The summed E-state index contributed by atoms with van der Waals surface area (Å²) >= 11 is 0. The van der Waals surface area contributed by atoms with Gasteiger partial charge in [-0.25, -0.2) is 4.79 Å². The monoisotopic (exact) mass is 322 g/mol. The third-order valence-electron chi connectivity index (χ3n) is 6.16. The van der Waals surface area contributed by atoms with Crippen LogP contribution in [-0.4, -0.2) is 40.6 Å². The predicted octanol–water partition coefficient (Wildman–Crippen LogP) is 2.94. The normalized spacial score (nSPS) is 36.6. The second kappa shape index (κ2) is 4.87. The van der Waals surface area contributed by atoms with Gasteiger partial charge in [-0.3, -0.25) is 4.79 Å². The van der Waals surface area contributed by atoms with Gasteiger partial charge in [0.1, 0.15) is 11.6 Å². The lowest BCUT2D eigenvalue weighted by atomic mass is 9.75. The van der Waals surface area contributed by atoms with Gasteiger partial charge in [0.15, 0.2) is 0 Å². The number of hydrogen-bond acceptors (Lipinski definition) is 3. The van der Waals surface area contributed by atoms with Crippen molar-refractivity contribution in [3.63, 3.8) is 0 Å². The molecule has 0 aromatic carbocycles. The quantitative estimate of drug-likeness (QED) is 0.866. The third kappa shape index (κ3) is 2.52. The Bertz CT molecular complexity index is 541. The summed E-state index contributed by atoms with van der Waals surface area (Å²) in [4.78, 5) is 27.3. The van der Waals surface area contributed by atoms with E-state index in [1.165, 1.54) is 6.42 Å². The summed E-state index contributed by atoms with van der Waals surface area (Å²) in [5.41, 5.74) is -0.107. The van der Waals surface area contributed by atoms with Gasteiger partial charge in [0.2, 0.25) is 5.91 Å². The molecule has 2 bridgehead atoms. The number of hydrogen-bond donors (Lipinski definition) is 1. The van der Waals surface area contributed by atoms with E-state index in [9.17, 15) is 9.59 Å². The van der Waals surface area contributed by atoms with Crippen molar-refractivity contribution in [1.82, 2.24) is 10.2 Å². The number of alkyl carbamates (subject to hydrolysis) is 1. The van der Waals surface area contributed by atoms with E-state index in [0.29, 0.717) is 11.3 Å². The van der Waals surface area contributed by atoms with Gasteiger partial charge in [-0.15, -0.1) is 0 Å². The molecule has 5 atom stereocenters. The number of nitrogens with one attached hydrogen (secondary N) is 1. The summed E-state index contributed by atoms with van der Waals surface area (Å²) in [6.45, 7) is 12.6. The number of rotatable bonds is 4. The molecule has 23 heavy (non-hydrogen) atoms. The van der Waals surface area contributed by atoms with Gasteiger partial charge in [-0.1, -0.05) is 20.3 Å². The minimum atomic E-state index is -0.561. The van der Waals surface area contributed by atoms with E-state index in [0.717, 1.165) is 19.4 Å². The molecule has 2 aliphatic carbocycles. The number of amides is 2. The molecule has 2 saturated heterocycles. The van der Waals surface area contributed by atoms with Gasteiger partial charge >= 0.3 is 6.09 Å². The first-order valence-electron chi connectivity index (χ1n) is 8.83. The number of ether oxygens (including phenoxy) is 1. The average molecular weight is 322 g/mol. The van der Waals surface area contributed by atoms with Gasteiger partial charge in [0.25, 0.3) is 0 Å². The van der Waals surface area contributed by atoms with E-state index in [4.69, 9.17) is 4.74 Å². The van der Waals surface area contributed by atoms with Crippen LogP contribution in [0.4, 0.5) is 4.79 Å². The highest BCUT2D eigenvalue weighted by molar-refractivity contribution is 5.88. The lowest BCUT2D eigenvalue weighted by Crippen LogP contribution is -2.57. The fourth-order valence-electron chi connectivity index (χ4n) is 4.75. The first-order chi connectivity index (χ1) is 10.5. The van der Waals surface area contributed by atoms with Gasteiger partial charge in [-0.2, -0.15) is 0 Å². The molecule has 5 nitrogen and oxygen atoms in total. The van der Waals surface area contributed by atoms with Crippen molar-refractivity contribution < 1.29 is 14.3 Å². The van der Waals surface area contributed by atoms with Crippen LogP contribution >= 0.6 is 0 Å². The summed E-state index contributed by atoms with van der Waals surface area (Å²) in [7, 11) is 0. The Morgan fingerprint density at radius 1 is 1.39 bits per heavy atom. The van der Waals surface area contributed by atoms with Gasteiger partial charge in [0.05, 0.1) is 0 Å². The van der Waals surface area contributed by atoms with Crippen molar-refractivity contribution in [3.05, 3.63) is 0 Å². The maximum absolute atomic E-state index is 13.1. The van der Waals surface area contributed by atoms with E-state index in [1.807, 2.05) is 39.5 Å². The molecule has 4 rings (SSSR count). The zero-order valence-electron chi connectivity index (χ0n) is 15.2. The molecule has 2 unspecified atom stereocenters. The summed E-state index contributed by atoms with van der Waals surface area (Å²) in [6, 6.07) is -0.498. The van der Waals surface area contributed by atoms with Gasteiger partial charge < -0.3 is 15.0 Å². The van der Waals surface area contributed by atoms with E-state index < -0.39 is 17.7 Å². The number of piperidine rings is 1. The number of carbonyl (C=O) groups excluding carboxylic acids is 2. The highest BCUT2D eigenvalue weighted by Gasteiger charge is 2.81. The largest absolute Gasteiger partial charge is 0.444 e. The molecule has 2 saturated carbocycles. The first kappa shape index (κ1) is 16.6. The third-order valence-corrected chi connectivity index (χ3v) is 6.16. The molecule has 4 fully saturated rings. The molecule has 2 heterocycles. The van der Waals surface area contributed by atoms with Crippen molar-refractivity contribution in [2.75, 3.05) is 6.54 Å². The maximum atomic E-state index is 13.1. The molecule has 2 amide bonds. The van der Waals surface area contributed by atoms with Crippen molar-refractivity contribution >= 4 is 12.0 Å². The Morgan fingerprint density at radius 2 is 2.04 bits per heavy atom. The SMILES string of the molecule is CCC(C)[C@H](NC(=O)OC(C)(C)C)C(=O)N1CC23C[C@H]2[C@]1(C)C3. The van der Waals surface area contributed by atoms with Crippen LogP contribution < -0.4 is 5.32 Å². The Kier molecular flexibility index (Phi) is 3.51. The zero-order valence-corrected chi connectivity index (χ0v) is 15.2. The lowest BCUT2D eigenvalue weighted by Gasteiger charge is -2.40. The molecular weight excluding hydrogens is 292 g/mol. The van der Waals surface area contributed by atoms with E-state index >= 15 is 0 Å². The Balaban J connectivity index is 1.70. The molecule has 130 valence electrons. The predicted molar refractivity (Wildman–Crippen MR) is 87.9 cm³/mol. The molecule has 0 aromatic rings. The van der Waals surface area contributed by atoms with E-state index in [-0.39, 0.29) is 17.4 Å². The van der Waals surface area contributed by atoms with Crippen LogP contribution in [0.25, 0.3) is 0 Å². The molecule has 1 N–H and O–H groups in total. The van der Waals surface area contributed by atoms with Crippen molar-refractivity contribution in [3.8, 4) is 0 Å². The second-order valence-corrected chi connectivity index (χ2v) is 9.09. The summed E-state index contributed by atoms with van der Waals surface area (Å²) in [5, 5.41) is 2.83. The van der Waals surface area contributed by atoms with Crippen LogP contribution in [-0.2, 0) is 9.53 Å². The fraction of sp³-hybridized carbons (Fsp3) is 0.889. The highest BCUT2D eigenvalue weighted by atomic mass is 16.6. The van der Waals surface area contributed by atoms with Crippen LogP contribution in [0.2, 0.25) is 0 Å². The Morgan fingerprint density at radius 3 is 2.48 bits per heavy atom. The topological polar surface area (TPSA) is 58.6 Å². The van der Waals surface area contributed by atoms with Crippen LogP contribution in [0, 0.1) is 17.3 Å². The molecule has 4 aliphatic rings. The lowest BCUT2D eigenvalue weighted by molar-refractivity contribution is -0.138. The van der Waals surface area contributed by atoms with Crippen LogP contribution in [0.15, 0.2) is 0 Å². The molecule has 0 radical (unpaired) electrons. The smallest absolute Gasteiger partial charge is 0.408 e. The average Bonchev–Trinajstić information content (AvgIpc) is 2.82. The fourth-order valence-corrected chi connectivity index (χ4v) is 4.75. The van der Waals surface area contributed by atoms with Crippen LogP contribution in [0.5, 0.6) is 0 Å². The van der Waals surface area contributed by atoms with Gasteiger partial charge in [0, 0.05) is 12.1 Å². The van der Waals surface area contributed by atoms with Crippen molar-refractivity contribution in [2.24, 2.45) is 17.3 Å². The maximum Gasteiger partial charge on any atom is 0.408 e. The minimum Gasteiger partial charge on any atom is -0.444 e. The number of nitrogens with zero attached hydrogens (tertiary/aromatic N) is 1.